The third kappa shape index (κ3) is 4.75. The number of anilines is 1. The molecule has 0 aliphatic rings. The van der Waals surface area contributed by atoms with E-state index in [0.29, 0.717) is 10.8 Å². The molecule has 1 aromatic heterocycles. The quantitative estimate of drug-likeness (QED) is 0.587. The molecule has 0 atom stereocenters. The fourth-order valence-electron chi connectivity index (χ4n) is 2.11. The molecule has 3 aromatic rings. The van der Waals surface area contributed by atoms with Gasteiger partial charge < -0.3 is 10.1 Å². The lowest BCUT2D eigenvalue weighted by molar-refractivity contribution is -0.118. The molecule has 1 N–H and O–H groups in total. The molecule has 0 saturated carbocycles. The van der Waals surface area contributed by atoms with Gasteiger partial charge in [0.1, 0.15) is 16.4 Å². The summed E-state index contributed by atoms with van der Waals surface area (Å²) < 4.78 is 6.38. The van der Waals surface area contributed by atoms with Crippen LogP contribution >= 0.6 is 34.7 Å². The Morgan fingerprint density at radius 1 is 1.20 bits per heavy atom. The van der Waals surface area contributed by atoms with Crippen molar-refractivity contribution in [3.8, 4) is 17.0 Å². The Balaban J connectivity index is 1.70. The van der Waals surface area contributed by atoms with Crippen molar-refractivity contribution in [3.63, 3.8) is 0 Å². The Bertz CT molecular complexity index is 851. The van der Waals surface area contributed by atoms with Crippen LogP contribution in [0.15, 0.2) is 58.9 Å². The van der Waals surface area contributed by atoms with Crippen molar-refractivity contribution in [1.29, 1.82) is 0 Å². The first-order valence-corrected chi connectivity index (χ1v) is 9.86. The van der Waals surface area contributed by atoms with Crippen LogP contribution in [0.2, 0.25) is 5.02 Å². The molecule has 0 aliphatic heterocycles. The van der Waals surface area contributed by atoms with Gasteiger partial charge in [0.25, 0.3) is 5.91 Å². The summed E-state index contributed by atoms with van der Waals surface area (Å²) >= 11 is 8.83. The highest BCUT2D eigenvalue weighted by molar-refractivity contribution is 8.00. The summed E-state index contributed by atoms with van der Waals surface area (Å²) in [6.45, 7) is -0.0810. The average molecular weight is 391 g/mol. The lowest BCUT2D eigenvalue weighted by Gasteiger charge is -2.07. The number of amides is 1. The standard InChI is InChI=1S/C18H15ClN2O2S2/c1-24-18-21-16(12-5-3-2-4-6-12)17(25-18)20-15(22)11-23-14-9-7-13(19)8-10-14/h2-10H,11H2,1H3,(H,20,22). The largest absolute Gasteiger partial charge is 0.484 e. The molecule has 0 spiro atoms. The monoisotopic (exact) mass is 390 g/mol. The maximum Gasteiger partial charge on any atom is 0.262 e. The minimum absolute atomic E-state index is 0.0810. The average Bonchev–Trinajstić information content (AvgIpc) is 3.05. The van der Waals surface area contributed by atoms with Crippen molar-refractivity contribution in [2.75, 3.05) is 18.2 Å². The number of benzene rings is 2. The molecule has 0 radical (unpaired) electrons. The number of thioether (sulfide) groups is 1. The number of carbonyl (C=O) groups excluding carboxylic acids is 1. The van der Waals surface area contributed by atoms with E-state index in [4.69, 9.17) is 16.3 Å². The van der Waals surface area contributed by atoms with E-state index in [0.717, 1.165) is 20.6 Å². The third-order valence-electron chi connectivity index (χ3n) is 3.27. The van der Waals surface area contributed by atoms with Crippen LogP contribution in [0.3, 0.4) is 0 Å². The lowest BCUT2D eigenvalue weighted by Crippen LogP contribution is -2.19. The molecule has 2 aromatic carbocycles. The summed E-state index contributed by atoms with van der Waals surface area (Å²) in [5.74, 6) is 0.361. The van der Waals surface area contributed by atoms with Gasteiger partial charge in [-0.15, -0.1) is 0 Å². The van der Waals surface area contributed by atoms with E-state index < -0.39 is 0 Å². The molecular formula is C18H15ClN2O2S2. The Morgan fingerprint density at radius 2 is 1.92 bits per heavy atom. The van der Waals surface area contributed by atoms with Crippen molar-refractivity contribution in [2.24, 2.45) is 0 Å². The van der Waals surface area contributed by atoms with Gasteiger partial charge in [-0.3, -0.25) is 4.79 Å². The predicted molar refractivity (Wildman–Crippen MR) is 105 cm³/mol. The molecule has 1 amide bonds. The summed E-state index contributed by atoms with van der Waals surface area (Å²) in [6, 6.07) is 16.7. The van der Waals surface area contributed by atoms with Gasteiger partial charge in [0.05, 0.1) is 0 Å². The van der Waals surface area contributed by atoms with E-state index >= 15 is 0 Å². The molecule has 1 heterocycles. The third-order valence-corrected chi connectivity index (χ3v) is 5.47. The Kier molecular flexibility index (Phi) is 5.96. The highest BCUT2D eigenvalue weighted by atomic mass is 35.5. The fourth-order valence-corrected chi connectivity index (χ4v) is 3.74. The number of nitrogens with one attached hydrogen (secondary N) is 1. The van der Waals surface area contributed by atoms with Crippen LogP contribution in [0.5, 0.6) is 5.75 Å². The van der Waals surface area contributed by atoms with E-state index in [-0.39, 0.29) is 12.5 Å². The van der Waals surface area contributed by atoms with Gasteiger partial charge in [0.2, 0.25) is 0 Å². The fraction of sp³-hybridized carbons (Fsp3) is 0.111. The van der Waals surface area contributed by atoms with Gasteiger partial charge in [0, 0.05) is 10.6 Å². The molecular weight excluding hydrogens is 376 g/mol. The van der Waals surface area contributed by atoms with Crippen molar-refractivity contribution < 1.29 is 9.53 Å². The first-order chi connectivity index (χ1) is 12.2. The van der Waals surface area contributed by atoms with Crippen LogP contribution in [0.1, 0.15) is 0 Å². The van der Waals surface area contributed by atoms with Crippen LogP contribution in [0.4, 0.5) is 5.00 Å². The topological polar surface area (TPSA) is 51.2 Å². The molecule has 4 nitrogen and oxygen atoms in total. The van der Waals surface area contributed by atoms with Crippen LogP contribution in [0.25, 0.3) is 11.3 Å². The van der Waals surface area contributed by atoms with Crippen LogP contribution in [-0.2, 0) is 4.79 Å². The summed E-state index contributed by atoms with van der Waals surface area (Å²) in [5.41, 5.74) is 1.74. The molecule has 7 heteroatoms. The van der Waals surface area contributed by atoms with E-state index in [1.807, 2.05) is 36.6 Å². The second kappa shape index (κ2) is 8.38. The first-order valence-electron chi connectivity index (χ1n) is 7.44. The number of nitrogens with zero attached hydrogens (tertiary/aromatic N) is 1. The number of hydrogen-bond donors (Lipinski definition) is 1. The Morgan fingerprint density at radius 3 is 2.60 bits per heavy atom. The maximum absolute atomic E-state index is 12.2. The Hall–Kier alpha value is -2.02. The summed E-state index contributed by atoms with van der Waals surface area (Å²) in [5, 5.41) is 4.24. The van der Waals surface area contributed by atoms with Crippen LogP contribution < -0.4 is 10.1 Å². The number of thiazole rings is 1. The number of halogens is 1. The smallest absolute Gasteiger partial charge is 0.262 e. The second-order valence-corrected chi connectivity index (χ2v) is 7.51. The van der Waals surface area contributed by atoms with Crippen LogP contribution in [-0.4, -0.2) is 23.8 Å². The molecule has 0 unspecified atom stereocenters. The molecule has 3 rings (SSSR count). The Labute approximate surface area is 159 Å². The van der Waals surface area contributed by atoms with Crippen molar-refractivity contribution in [2.45, 2.75) is 4.34 Å². The zero-order valence-electron chi connectivity index (χ0n) is 13.4. The van der Waals surface area contributed by atoms with Gasteiger partial charge >= 0.3 is 0 Å². The minimum atomic E-state index is -0.233. The van der Waals surface area contributed by atoms with Crippen molar-refractivity contribution in [1.82, 2.24) is 4.98 Å². The predicted octanol–water partition coefficient (Wildman–Crippen LogP) is 5.20. The second-order valence-electron chi connectivity index (χ2n) is 5.02. The molecule has 0 saturated heterocycles. The van der Waals surface area contributed by atoms with E-state index in [1.54, 1.807) is 36.0 Å². The zero-order valence-corrected chi connectivity index (χ0v) is 15.8. The van der Waals surface area contributed by atoms with E-state index in [2.05, 4.69) is 10.3 Å². The van der Waals surface area contributed by atoms with Gasteiger partial charge in [-0.1, -0.05) is 65.0 Å². The van der Waals surface area contributed by atoms with Gasteiger partial charge in [-0.25, -0.2) is 4.98 Å². The number of hydrogen-bond acceptors (Lipinski definition) is 5. The summed E-state index contributed by atoms with van der Waals surface area (Å²) in [4.78, 5) is 16.8. The minimum Gasteiger partial charge on any atom is -0.484 e. The normalized spacial score (nSPS) is 10.5. The molecule has 25 heavy (non-hydrogen) atoms. The summed E-state index contributed by atoms with van der Waals surface area (Å²) in [6.07, 6.45) is 1.96. The van der Waals surface area contributed by atoms with Crippen molar-refractivity contribution in [3.05, 3.63) is 59.6 Å². The van der Waals surface area contributed by atoms with Crippen LogP contribution in [0, 0.1) is 0 Å². The number of rotatable bonds is 6. The molecule has 0 fully saturated rings. The van der Waals surface area contributed by atoms with Gasteiger partial charge in [-0.05, 0) is 30.5 Å². The SMILES string of the molecule is CSc1nc(-c2ccccc2)c(NC(=O)COc2ccc(Cl)cc2)s1. The van der Waals surface area contributed by atoms with E-state index in [1.165, 1.54) is 11.3 Å². The highest BCUT2D eigenvalue weighted by Gasteiger charge is 2.15. The van der Waals surface area contributed by atoms with E-state index in [9.17, 15) is 4.79 Å². The molecule has 128 valence electrons. The first kappa shape index (κ1) is 17.8. The number of ether oxygens (including phenoxy) is 1. The lowest BCUT2D eigenvalue weighted by atomic mass is 10.2. The maximum atomic E-state index is 12.2. The number of carbonyl (C=O) groups is 1. The number of aromatic nitrogens is 1. The highest BCUT2D eigenvalue weighted by Crippen LogP contribution is 2.36. The van der Waals surface area contributed by atoms with Crippen molar-refractivity contribution >= 4 is 45.6 Å². The molecule has 0 aliphatic carbocycles. The zero-order chi connectivity index (χ0) is 17.6. The van der Waals surface area contributed by atoms with Gasteiger partial charge in [-0.2, -0.15) is 0 Å². The summed E-state index contributed by atoms with van der Waals surface area (Å²) in [7, 11) is 0. The van der Waals surface area contributed by atoms with Gasteiger partial charge in [0.15, 0.2) is 10.9 Å². The molecule has 0 bridgehead atoms.